The summed E-state index contributed by atoms with van der Waals surface area (Å²) in [5, 5.41) is 3.39. The third-order valence-electron chi connectivity index (χ3n) is 4.82. The first-order valence-electron chi connectivity index (χ1n) is 9.93. The van der Waals surface area contributed by atoms with Gasteiger partial charge in [-0.25, -0.2) is 13.8 Å². The van der Waals surface area contributed by atoms with Crippen LogP contribution in [0.3, 0.4) is 0 Å². The summed E-state index contributed by atoms with van der Waals surface area (Å²) in [6.45, 7) is 0.385. The van der Waals surface area contributed by atoms with Gasteiger partial charge in [0.2, 0.25) is 5.91 Å². The number of carbonyl (C=O) groups excluding carboxylic acids is 1. The van der Waals surface area contributed by atoms with Crippen molar-refractivity contribution in [2.75, 3.05) is 12.3 Å². The van der Waals surface area contributed by atoms with Crippen molar-refractivity contribution < 1.29 is 13.6 Å². The molecule has 0 saturated heterocycles. The summed E-state index contributed by atoms with van der Waals surface area (Å²) in [6.07, 6.45) is 0.560. The van der Waals surface area contributed by atoms with Gasteiger partial charge in [-0.1, -0.05) is 48.2 Å². The van der Waals surface area contributed by atoms with Crippen molar-refractivity contribution in [3.63, 3.8) is 0 Å². The van der Waals surface area contributed by atoms with Crippen LogP contribution in [0, 0.1) is 11.6 Å². The molecular formula is C24H19F2N3O2S. The lowest BCUT2D eigenvalue weighted by Gasteiger charge is -2.14. The maximum absolute atomic E-state index is 14.5. The third-order valence-corrected chi connectivity index (χ3v) is 5.76. The highest BCUT2D eigenvalue weighted by Crippen LogP contribution is 2.22. The van der Waals surface area contributed by atoms with Gasteiger partial charge in [0, 0.05) is 6.54 Å². The SMILES string of the molecule is O=C(CSc1nc2ccccc2c(=O)n1-c1ccccc1F)NCCc1ccc(F)cc1. The first-order chi connectivity index (χ1) is 15.5. The molecule has 1 heterocycles. The van der Waals surface area contributed by atoms with Crippen molar-refractivity contribution in [1.82, 2.24) is 14.9 Å². The number of nitrogens with one attached hydrogen (secondary N) is 1. The van der Waals surface area contributed by atoms with Crippen molar-refractivity contribution in [1.29, 1.82) is 0 Å². The largest absolute Gasteiger partial charge is 0.355 e. The summed E-state index contributed by atoms with van der Waals surface area (Å²) in [7, 11) is 0. The van der Waals surface area contributed by atoms with Gasteiger partial charge >= 0.3 is 0 Å². The number of rotatable bonds is 7. The summed E-state index contributed by atoms with van der Waals surface area (Å²) in [4.78, 5) is 30.0. The van der Waals surface area contributed by atoms with Crippen LogP contribution in [0.5, 0.6) is 0 Å². The van der Waals surface area contributed by atoms with E-state index in [9.17, 15) is 18.4 Å². The van der Waals surface area contributed by atoms with Gasteiger partial charge in [0.1, 0.15) is 11.6 Å². The predicted octanol–water partition coefficient (Wildman–Crippen LogP) is 4.11. The number of para-hydroxylation sites is 2. The van der Waals surface area contributed by atoms with Crippen LogP contribution >= 0.6 is 11.8 Å². The molecule has 32 heavy (non-hydrogen) atoms. The zero-order chi connectivity index (χ0) is 22.5. The summed E-state index contributed by atoms with van der Waals surface area (Å²) in [6, 6.07) is 18.9. The fourth-order valence-electron chi connectivity index (χ4n) is 3.23. The van der Waals surface area contributed by atoms with Gasteiger partial charge in [0.25, 0.3) is 5.56 Å². The van der Waals surface area contributed by atoms with Crippen LogP contribution in [0.2, 0.25) is 0 Å². The third kappa shape index (κ3) is 4.86. The van der Waals surface area contributed by atoms with Gasteiger partial charge < -0.3 is 5.32 Å². The molecule has 0 unspecified atom stereocenters. The van der Waals surface area contributed by atoms with E-state index in [4.69, 9.17) is 0 Å². The number of nitrogens with zero attached hydrogens (tertiary/aromatic N) is 2. The minimum atomic E-state index is -0.558. The molecule has 4 aromatic rings. The van der Waals surface area contributed by atoms with Crippen LogP contribution in [0.1, 0.15) is 5.56 Å². The summed E-state index contributed by atoms with van der Waals surface area (Å²) in [5.74, 6) is -1.11. The standard InChI is InChI=1S/C24H19F2N3O2S/c25-17-11-9-16(10-12-17)13-14-27-22(30)15-32-24-28-20-7-3-1-5-18(20)23(31)29(24)21-8-4-2-6-19(21)26/h1-12H,13-15H2,(H,27,30). The topological polar surface area (TPSA) is 64.0 Å². The van der Waals surface area contributed by atoms with E-state index >= 15 is 0 Å². The van der Waals surface area contributed by atoms with Gasteiger partial charge in [-0.2, -0.15) is 0 Å². The zero-order valence-corrected chi connectivity index (χ0v) is 17.7. The van der Waals surface area contributed by atoms with Crippen LogP contribution in [-0.4, -0.2) is 27.8 Å². The Balaban J connectivity index is 1.52. The lowest BCUT2D eigenvalue weighted by molar-refractivity contribution is -0.118. The van der Waals surface area contributed by atoms with Crippen LogP contribution in [0.15, 0.2) is 82.7 Å². The second kappa shape index (κ2) is 9.74. The van der Waals surface area contributed by atoms with E-state index in [0.717, 1.165) is 17.3 Å². The van der Waals surface area contributed by atoms with Crippen LogP contribution in [-0.2, 0) is 11.2 Å². The first-order valence-corrected chi connectivity index (χ1v) is 10.9. The van der Waals surface area contributed by atoms with Crippen LogP contribution in [0.25, 0.3) is 16.6 Å². The highest BCUT2D eigenvalue weighted by atomic mass is 32.2. The molecule has 0 bridgehead atoms. The molecule has 0 saturated carbocycles. The van der Waals surface area contributed by atoms with Crippen molar-refractivity contribution in [2.24, 2.45) is 0 Å². The van der Waals surface area contributed by atoms with E-state index in [2.05, 4.69) is 10.3 Å². The number of carbonyl (C=O) groups is 1. The van der Waals surface area contributed by atoms with E-state index in [1.54, 1.807) is 48.5 Å². The molecule has 0 fully saturated rings. The maximum Gasteiger partial charge on any atom is 0.266 e. The molecule has 0 atom stereocenters. The number of amides is 1. The normalized spacial score (nSPS) is 10.9. The highest BCUT2D eigenvalue weighted by Gasteiger charge is 2.16. The van der Waals surface area contributed by atoms with E-state index in [1.165, 1.54) is 28.8 Å². The Hall–Kier alpha value is -3.52. The van der Waals surface area contributed by atoms with Crippen LogP contribution < -0.4 is 10.9 Å². The Morgan fingerprint density at radius 3 is 2.47 bits per heavy atom. The average Bonchev–Trinajstić information content (AvgIpc) is 2.80. The average molecular weight is 451 g/mol. The molecular weight excluding hydrogens is 432 g/mol. The number of thioether (sulfide) groups is 1. The number of fused-ring (bicyclic) bond motifs is 1. The summed E-state index contributed by atoms with van der Waals surface area (Å²) in [5.41, 5.74) is 1.06. The van der Waals surface area contributed by atoms with Crippen molar-refractivity contribution >= 4 is 28.6 Å². The van der Waals surface area contributed by atoms with E-state index in [1.807, 2.05) is 0 Å². The maximum atomic E-state index is 14.5. The number of hydrogen-bond acceptors (Lipinski definition) is 4. The fourth-order valence-corrected chi connectivity index (χ4v) is 4.07. The predicted molar refractivity (Wildman–Crippen MR) is 121 cm³/mol. The second-order valence-electron chi connectivity index (χ2n) is 7.02. The van der Waals surface area contributed by atoms with E-state index in [0.29, 0.717) is 23.9 Å². The Kier molecular flexibility index (Phi) is 6.61. The van der Waals surface area contributed by atoms with Crippen molar-refractivity contribution in [3.8, 4) is 5.69 Å². The van der Waals surface area contributed by atoms with Crippen LogP contribution in [0.4, 0.5) is 8.78 Å². The lowest BCUT2D eigenvalue weighted by atomic mass is 10.1. The van der Waals surface area contributed by atoms with E-state index in [-0.39, 0.29) is 28.3 Å². The molecule has 1 N–H and O–H groups in total. The van der Waals surface area contributed by atoms with E-state index < -0.39 is 11.4 Å². The van der Waals surface area contributed by atoms with Gasteiger partial charge in [-0.05, 0) is 48.4 Å². The Labute approximate surface area is 187 Å². The molecule has 0 radical (unpaired) electrons. The second-order valence-corrected chi connectivity index (χ2v) is 7.96. The quantitative estimate of drug-likeness (QED) is 0.339. The molecule has 0 aliphatic heterocycles. The number of aromatic nitrogens is 2. The number of hydrogen-bond donors (Lipinski definition) is 1. The summed E-state index contributed by atoms with van der Waals surface area (Å²) >= 11 is 1.06. The van der Waals surface area contributed by atoms with Crippen molar-refractivity contribution in [3.05, 3.63) is 100 Å². The number of benzene rings is 3. The van der Waals surface area contributed by atoms with Gasteiger partial charge in [0.05, 0.1) is 22.3 Å². The minimum Gasteiger partial charge on any atom is -0.355 e. The molecule has 162 valence electrons. The number of halogens is 2. The van der Waals surface area contributed by atoms with Gasteiger partial charge in [-0.15, -0.1) is 0 Å². The fraction of sp³-hybridized carbons (Fsp3) is 0.125. The molecule has 5 nitrogen and oxygen atoms in total. The molecule has 1 amide bonds. The molecule has 0 aliphatic carbocycles. The Morgan fingerprint density at radius 1 is 0.969 bits per heavy atom. The molecule has 4 rings (SSSR count). The molecule has 3 aromatic carbocycles. The zero-order valence-electron chi connectivity index (χ0n) is 16.9. The molecule has 0 spiro atoms. The van der Waals surface area contributed by atoms with Gasteiger partial charge in [0.15, 0.2) is 5.16 Å². The first kappa shape index (κ1) is 21.7. The Bertz CT molecular complexity index is 1320. The molecule has 0 aliphatic rings. The highest BCUT2D eigenvalue weighted by molar-refractivity contribution is 7.99. The molecule has 8 heteroatoms. The van der Waals surface area contributed by atoms with Gasteiger partial charge in [-0.3, -0.25) is 14.2 Å². The monoisotopic (exact) mass is 451 g/mol. The summed E-state index contributed by atoms with van der Waals surface area (Å²) < 4.78 is 28.7. The molecule has 1 aromatic heterocycles. The van der Waals surface area contributed by atoms with Crippen molar-refractivity contribution in [2.45, 2.75) is 11.6 Å². The Morgan fingerprint density at radius 2 is 1.69 bits per heavy atom. The lowest BCUT2D eigenvalue weighted by Crippen LogP contribution is -2.28. The minimum absolute atomic E-state index is 0.00263. The smallest absolute Gasteiger partial charge is 0.266 e.